The molecule has 6 nitrogen and oxygen atoms in total. The highest BCUT2D eigenvalue weighted by Crippen LogP contribution is 2.00. The Morgan fingerprint density at radius 1 is 1.44 bits per heavy atom. The minimum Gasteiger partial charge on any atom is -0.389 e. The second kappa shape index (κ2) is 6.06. The van der Waals surface area contributed by atoms with Crippen LogP contribution in [0.1, 0.15) is 23.0 Å². The first-order chi connectivity index (χ1) is 8.45. The Morgan fingerprint density at radius 3 is 2.56 bits per heavy atom. The van der Waals surface area contributed by atoms with Gasteiger partial charge < -0.3 is 16.4 Å². The van der Waals surface area contributed by atoms with Crippen molar-refractivity contribution >= 4 is 29.0 Å². The molecular weight excluding hydrogens is 252 g/mol. The van der Waals surface area contributed by atoms with Crippen molar-refractivity contribution in [3.63, 3.8) is 0 Å². The van der Waals surface area contributed by atoms with Crippen LogP contribution < -0.4 is 16.4 Å². The summed E-state index contributed by atoms with van der Waals surface area (Å²) in [7, 11) is 1.50. The lowest BCUT2D eigenvalue weighted by molar-refractivity contribution is -0.122. The number of amides is 2. The summed E-state index contributed by atoms with van der Waals surface area (Å²) in [6, 6.07) is 2.48. The van der Waals surface area contributed by atoms with Crippen LogP contribution in [0.25, 0.3) is 0 Å². The molecule has 0 aliphatic rings. The molecule has 0 fully saturated rings. The largest absolute Gasteiger partial charge is 0.389 e. The van der Waals surface area contributed by atoms with Crippen LogP contribution >= 0.6 is 12.2 Å². The Balaban J connectivity index is 2.73. The van der Waals surface area contributed by atoms with Crippen molar-refractivity contribution in [2.75, 3.05) is 7.05 Å². The molecule has 0 aliphatic heterocycles. The van der Waals surface area contributed by atoms with Crippen molar-refractivity contribution in [2.45, 2.75) is 13.0 Å². The number of carbonyl (C=O) groups is 2. The quantitative estimate of drug-likeness (QED) is 0.643. The number of nitrogens with zero attached hydrogens (tertiary/aromatic N) is 1. The van der Waals surface area contributed by atoms with Crippen LogP contribution in [0, 0.1) is 0 Å². The molecule has 0 bridgehead atoms. The molecule has 1 heterocycles. The summed E-state index contributed by atoms with van der Waals surface area (Å²) >= 11 is 4.78. The van der Waals surface area contributed by atoms with Crippen LogP contribution in [-0.4, -0.2) is 34.9 Å². The van der Waals surface area contributed by atoms with Gasteiger partial charge in [0.25, 0.3) is 5.91 Å². The van der Waals surface area contributed by atoms with Gasteiger partial charge in [0.2, 0.25) is 5.91 Å². The molecule has 2 amide bonds. The first-order valence-electron chi connectivity index (χ1n) is 5.24. The summed E-state index contributed by atoms with van der Waals surface area (Å²) in [4.78, 5) is 27.1. The van der Waals surface area contributed by atoms with Crippen LogP contribution in [0.5, 0.6) is 0 Å². The van der Waals surface area contributed by atoms with Gasteiger partial charge in [0.1, 0.15) is 16.7 Å². The fourth-order valence-electron chi connectivity index (χ4n) is 1.23. The van der Waals surface area contributed by atoms with E-state index in [9.17, 15) is 9.59 Å². The molecule has 1 aromatic heterocycles. The molecule has 1 unspecified atom stereocenters. The van der Waals surface area contributed by atoms with Gasteiger partial charge in [-0.05, 0) is 19.1 Å². The molecule has 4 N–H and O–H groups in total. The summed E-state index contributed by atoms with van der Waals surface area (Å²) in [6.45, 7) is 1.58. The third-order valence-corrected chi connectivity index (χ3v) is 2.50. The molecule has 1 rings (SSSR count). The third kappa shape index (κ3) is 3.49. The van der Waals surface area contributed by atoms with Gasteiger partial charge in [0.15, 0.2) is 0 Å². The van der Waals surface area contributed by atoms with Crippen LogP contribution in [-0.2, 0) is 4.79 Å². The molecule has 1 aromatic rings. The summed E-state index contributed by atoms with van der Waals surface area (Å²) in [5, 5.41) is 4.96. The molecule has 1 atom stereocenters. The SMILES string of the molecule is CNC(=O)C(C)NC(=O)c1ccc(C(N)=S)cn1. The Morgan fingerprint density at radius 2 is 2.11 bits per heavy atom. The van der Waals surface area contributed by atoms with Gasteiger partial charge in [-0.1, -0.05) is 12.2 Å². The van der Waals surface area contributed by atoms with E-state index in [4.69, 9.17) is 18.0 Å². The first-order valence-corrected chi connectivity index (χ1v) is 5.65. The molecule has 7 heteroatoms. The van der Waals surface area contributed by atoms with Gasteiger partial charge in [0, 0.05) is 18.8 Å². The molecule has 0 spiro atoms. The lowest BCUT2D eigenvalue weighted by atomic mass is 10.2. The van der Waals surface area contributed by atoms with E-state index in [0.717, 1.165) is 0 Å². The van der Waals surface area contributed by atoms with E-state index < -0.39 is 11.9 Å². The zero-order valence-electron chi connectivity index (χ0n) is 10.1. The molecule has 96 valence electrons. The monoisotopic (exact) mass is 266 g/mol. The molecule has 0 saturated carbocycles. The fraction of sp³-hybridized carbons (Fsp3) is 0.273. The summed E-state index contributed by atoms with van der Waals surface area (Å²) in [6.07, 6.45) is 1.42. The van der Waals surface area contributed by atoms with E-state index in [1.165, 1.54) is 19.3 Å². The Labute approximate surface area is 110 Å². The van der Waals surface area contributed by atoms with E-state index in [1.807, 2.05) is 0 Å². The zero-order chi connectivity index (χ0) is 13.7. The van der Waals surface area contributed by atoms with Gasteiger partial charge in [-0.3, -0.25) is 14.6 Å². The lowest BCUT2D eigenvalue weighted by Gasteiger charge is -2.11. The van der Waals surface area contributed by atoms with Gasteiger partial charge in [0.05, 0.1) is 0 Å². The average molecular weight is 266 g/mol. The number of pyridine rings is 1. The number of aromatic nitrogens is 1. The fourth-order valence-corrected chi connectivity index (χ4v) is 1.35. The van der Waals surface area contributed by atoms with Crippen molar-refractivity contribution < 1.29 is 9.59 Å². The smallest absolute Gasteiger partial charge is 0.270 e. The zero-order valence-corrected chi connectivity index (χ0v) is 10.9. The summed E-state index contributed by atoms with van der Waals surface area (Å²) < 4.78 is 0. The maximum Gasteiger partial charge on any atom is 0.270 e. The Bertz CT molecular complexity index is 472. The van der Waals surface area contributed by atoms with Crippen molar-refractivity contribution in [2.24, 2.45) is 5.73 Å². The third-order valence-electron chi connectivity index (χ3n) is 2.27. The standard InChI is InChI=1S/C11H14N4O2S/c1-6(10(16)13-2)15-11(17)8-4-3-7(5-14-8)9(12)18/h3-6H,1-2H3,(H2,12,18)(H,13,16)(H,15,17). The lowest BCUT2D eigenvalue weighted by Crippen LogP contribution is -2.43. The molecular formula is C11H14N4O2S. The number of nitrogens with two attached hydrogens (primary N) is 1. The second-order valence-corrected chi connectivity index (χ2v) is 4.05. The highest BCUT2D eigenvalue weighted by molar-refractivity contribution is 7.80. The van der Waals surface area contributed by atoms with Crippen LogP contribution in [0.2, 0.25) is 0 Å². The maximum absolute atomic E-state index is 11.7. The van der Waals surface area contributed by atoms with Gasteiger partial charge in [-0.25, -0.2) is 0 Å². The molecule has 18 heavy (non-hydrogen) atoms. The Kier molecular flexibility index (Phi) is 4.73. The number of rotatable bonds is 4. The summed E-state index contributed by atoms with van der Waals surface area (Å²) in [5.41, 5.74) is 6.20. The van der Waals surface area contributed by atoms with Crippen molar-refractivity contribution in [1.29, 1.82) is 0 Å². The van der Waals surface area contributed by atoms with Gasteiger partial charge >= 0.3 is 0 Å². The number of likely N-dealkylation sites (N-methyl/N-ethyl adjacent to an activating group) is 1. The normalized spacial score (nSPS) is 11.4. The first kappa shape index (κ1) is 14.0. The maximum atomic E-state index is 11.7. The molecule has 0 aromatic carbocycles. The number of hydrogen-bond acceptors (Lipinski definition) is 4. The number of nitrogens with one attached hydrogen (secondary N) is 2. The Hall–Kier alpha value is -2.02. The van der Waals surface area contributed by atoms with Gasteiger partial charge in [-0.15, -0.1) is 0 Å². The highest BCUT2D eigenvalue weighted by atomic mass is 32.1. The topological polar surface area (TPSA) is 97.1 Å². The highest BCUT2D eigenvalue weighted by Gasteiger charge is 2.15. The van der Waals surface area contributed by atoms with E-state index in [1.54, 1.807) is 13.0 Å². The van der Waals surface area contributed by atoms with Crippen LogP contribution in [0.4, 0.5) is 0 Å². The molecule has 0 aliphatic carbocycles. The van der Waals surface area contributed by atoms with Crippen LogP contribution in [0.3, 0.4) is 0 Å². The number of thiocarbonyl (C=S) groups is 1. The number of hydrogen-bond donors (Lipinski definition) is 3. The van der Waals surface area contributed by atoms with Crippen molar-refractivity contribution in [3.8, 4) is 0 Å². The van der Waals surface area contributed by atoms with E-state index in [2.05, 4.69) is 15.6 Å². The van der Waals surface area contributed by atoms with Crippen molar-refractivity contribution in [3.05, 3.63) is 29.6 Å². The minimum atomic E-state index is -0.625. The van der Waals surface area contributed by atoms with E-state index in [-0.39, 0.29) is 16.6 Å². The number of carbonyl (C=O) groups excluding carboxylic acids is 2. The minimum absolute atomic E-state index is 0.200. The predicted molar refractivity (Wildman–Crippen MR) is 71.1 cm³/mol. The predicted octanol–water partition coefficient (Wildman–Crippen LogP) is -0.420. The van der Waals surface area contributed by atoms with Gasteiger partial charge in [-0.2, -0.15) is 0 Å². The summed E-state index contributed by atoms with van der Waals surface area (Å²) in [5.74, 6) is -0.705. The van der Waals surface area contributed by atoms with E-state index >= 15 is 0 Å². The second-order valence-electron chi connectivity index (χ2n) is 3.61. The van der Waals surface area contributed by atoms with Crippen LogP contribution in [0.15, 0.2) is 18.3 Å². The van der Waals surface area contributed by atoms with E-state index in [0.29, 0.717) is 5.56 Å². The molecule has 0 radical (unpaired) electrons. The molecule has 0 saturated heterocycles. The average Bonchev–Trinajstić information content (AvgIpc) is 2.37. The van der Waals surface area contributed by atoms with Crippen molar-refractivity contribution in [1.82, 2.24) is 15.6 Å².